The van der Waals surface area contributed by atoms with Crippen LogP contribution < -0.4 is 4.74 Å². The van der Waals surface area contributed by atoms with Crippen molar-refractivity contribution in [3.8, 4) is 17.6 Å². The minimum Gasteiger partial charge on any atom is -0.487 e. The van der Waals surface area contributed by atoms with Crippen LogP contribution in [0.15, 0.2) is 47.5 Å². The molecule has 2 aromatic rings. The number of nitrogens with zero attached hydrogens (tertiary/aromatic N) is 3. The quantitative estimate of drug-likeness (QED) is 0.596. The Bertz CT molecular complexity index is 1220. The monoisotopic (exact) mass is 513 g/mol. The van der Waals surface area contributed by atoms with Gasteiger partial charge >= 0.3 is 0 Å². The number of sulfonamides is 1. The molecule has 0 unspecified atom stereocenters. The van der Waals surface area contributed by atoms with Gasteiger partial charge in [-0.05, 0) is 43.2 Å². The molecule has 8 nitrogen and oxygen atoms in total. The molecule has 194 valence electrons. The highest BCUT2D eigenvalue weighted by atomic mass is 32.2. The normalized spacial score (nSPS) is 20.2. The first-order chi connectivity index (χ1) is 17.0. The lowest BCUT2D eigenvalue weighted by Gasteiger charge is -2.37. The highest BCUT2D eigenvalue weighted by molar-refractivity contribution is 7.89. The summed E-state index contributed by atoms with van der Waals surface area (Å²) in [6.45, 7) is 7.75. The number of carbonyl (C=O) groups is 1. The molecule has 3 rings (SSSR count). The first-order valence-electron chi connectivity index (χ1n) is 12.1. The van der Waals surface area contributed by atoms with E-state index in [-0.39, 0.29) is 42.2 Å². The molecule has 0 spiro atoms. The lowest BCUT2D eigenvalue weighted by atomic mass is 10.0. The average Bonchev–Trinajstić information content (AvgIpc) is 2.85. The lowest BCUT2D eigenvalue weighted by Crippen LogP contribution is -2.50. The SMILES string of the molecule is CC(C)CC#Cc1ccc2c(c1)O[C@H](CN(C)C(=O)c1ccccn1)[C@@H](C)CN([C@@H](C)CO)S2(=O)=O. The Morgan fingerprint density at radius 1 is 1.28 bits per heavy atom. The molecule has 1 aromatic carbocycles. The van der Waals surface area contributed by atoms with Gasteiger partial charge in [0.1, 0.15) is 22.4 Å². The zero-order valence-electron chi connectivity index (χ0n) is 21.5. The van der Waals surface area contributed by atoms with Crippen molar-refractivity contribution in [2.45, 2.75) is 51.2 Å². The van der Waals surface area contributed by atoms with Gasteiger partial charge in [-0.15, -0.1) is 0 Å². The number of benzene rings is 1. The second kappa shape index (κ2) is 11.9. The number of ether oxygens (including phenoxy) is 1. The molecule has 0 saturated carbocycles. The van der Waals surface area contributed by atoms with Gasteiger partial charge in [0.05, 0.1) is 13.2 Å². The Hall–Kier alpha value is -2.93. The molecule has 1 aliphatic heterocycles. The molecule has 0 bridgehead atoms. The van der Waals surface area contributed by atoms with Gasteiger partial charge in [0.25, 0.3) is 5.91 Å². The van der Waals surface area contributed by atoms with Gasteiger partial charge in [0, 0.05) is 43.7 Å². The number of aliphatic hydroxyl groups is 1. The van der Waals surface area contributed by atoms with Crippen LogP contribution in [-0.2, 0) is 10.0 Å². The van der Waals surface area contributed by atoms with E-state index in [1.54, 1.807) is 50.5 Å². The number of hydrogen-bond acceptors (Lipinski definition) is 6. The van der Waals surface area contributed by atoms with Crippen LogP contribution in [0.2, 0.25) is 0 Å². The minimum absolute atomic E-state index is 0.0211. The molecule has 1 N–H and O–H groups in total. The maximum absolute atomic E-state index is 13.6. The Morgan fingerprint density at radius 2 is 2.03 bits per heavy atom. The van der Waals surface area contributed by atoms with Gasteiger partial charge in [-0.25, -0.2) is 8.42 Å². The minimum atomic E-state index is -3.94. The van der Waals surface area contributed by atoms with Gasteiger partial charge in [0.15, 0.2) is 0 Å². The molecule has 36 heavy (non-hydrogen) atoms. The summed E-state index contributed by atoms with van der Waals surface area (Å²) < 4.78 is 34.8. The molecule has 2 heterocycles. The third kappa shape index (κ3) is 6.44. The van der Waals surface area contributed by atoms with Crippen molar-refractivity contribution in [1.82, 2.24) is 14.2 Å². The molecular weight excluding hydrogens is 478 g/mol. The average molecular weight is 514 g/mol. The first-order valence-corrected chi connectivity index (χ1v) is 13.6. The van der Waals surface area contributed by atoms with Crippen molar-refractivity contribution in [2.24, 2.45) is 11.8 Å². The second-order valence-corrected chi connectivity index (χ2v) is 11.6. The summed E-state index contributed by atoms with van der Waals surface area (Å²) in [5, 5.41) is 9.80. The largest absolute Gasteiger partial charge is 0.487 e. The Balaban J connectivity index is 2.00. The van der Waals surface area contributed by atoms with Gasteiger partial charge in [-0.3, -0.25) is 9.78 Å². The molecule has 3 atom stereocenters. The fourth-order valence-electron chi connectivity index (χ4n) is 3.92. The second-order valence-electron chi connectivity index (χ2n) is 9.70. The number of amides is 1. The standard InChI is InChI=1S/C27H35N3O5S/c1-19(2)9-8-10-22-12-13-26-24(15-22)35-25(17-29(5)27(32)23-11-6-7-14-28-23)20(3)16-30(21(4)18-31)36(26,33)34/h6-7,11-15,19-21,25,31H,9,16-18H2,1-5H3/t20-,21-,25+/m0/s1. The fourth-order valence-corrected chi connectivity index (χ4v) is 5.74. The van der Waals surface area contributed by atoms with Crippen LogP contribution in [0.4, 0.5) is 0 Å². The maximum Gasteiger partial charge on any atom is 0.272 e. The molecule has 9 heteroatoms. The van der Waals surface area contributed by atoms with Crippen molar-refractivity contribution in [3.63, 3.8) is 0 Å². The van der Waals surface area contributed by atoms with Crippen molar-refractivity contribution in [2.75, 3.05) is 26.7 Å². The van der Waals surface area contributed by atoms with Crippen molar-refractivity contribution in [1.29, 1.82) is 0 Å². The highest BCUT2D eigenvalue weighted by Crippen LogP contribution is 2.34. The predicted molar refractivity (Wildman–Crippen MR) is 138 cm³/mol. The molecule has 0 radical (unpaired) electrons. The Kier molecular flexibility index (Phi) is 9.12. The lowest BCUT2D eigenvalue weighted by molar-refractivity contribution is 0.0559. The third-order valence-electron chi connectivity index (χ3n) is 6.09. The summed E-state index contributed by atoms with van der Waals surface area (Å²) in [5.41, 5.74) is 0.968. The number of pyridine rings is 1. The number of fused-ring (bicyclic) bond motifs is 1. The van der Waals surface area contributed by atoms with E-state index in [4.69, 9.17) is 4.74 Å². The highest BCUT2D eigenvalue weighted by Gasteiger charge is 2.38. The van der Waals surface area contributed by atoms with E-state index in [0.29, 0.717) is 17.2 Å². The predicted octanol–water partition coefficient (Wildman–Crippen LogP) is 3.02. The van der Waals surface area contributed by atoms with Crippen molar-refractivity contribution < 1.29 is 23.1 Å². The van der Waals surface area contributed by atoms with Gasteiger partial charge in [0.2, 0.25) is 10.0 Å². The number of aromatic nitrogens is 1. The Labute approximate surface area is 214 Å². The van der Waals surface area contributed by atoms with Gasteiger partial charge in [-0.2, -0.15) is 4.31 Å². The number of aliphatic hydroxyl groups excluding tert-OH is 1. The number of likely N-dealkylation sites (N-methyl/N-ethyl adjacent to an activating group) is 1. The summed E-state index contributed by atoms with van der Waals surface area (Å²) in [6.07, 6.45) is 1.77. The van der Waals surface area contributed by atoms with Crippen LogP contribution in [0.3, 0.4) is 0 Å². The van der Waals surface area contributed by atoms with Crippen LogP contribution in [0.1, 0.15) is 50.2 Å². The number of carbonyl (C=O) groups excluding carboxylic acids is 1. The maximum atomic E-state index is 13.6. The van der Waals surface area contributed by atoms with Crippen LogP contribution in [0.25, 0.3) is 0 Å². The summed E-state index contributed by atoms with van der Waals surface area (Å²) >= 11 is 0. The van der Waals surface area contributed by atoms with E-state index in [9.17, 15) is 18.3 Å². The molecule has 1 aromatic heterocycles. The molecule has 0 aliphatic carbocycles. The topological polar surface area (TPSA) is 100 Å². The Morgan fingerprint density at radius 3 is 2.67 bits per heavy atom. The zero-order valence-corrected chi connectivity index (χ0v) is 22.3. The zero-order chi connectivity index (χ0) is 26.5. The van der Waals surface area contributed by atoms with E-state index < -0.39 is 22.2 Å². The first kappa shape index (κ1) is 27.7. The van der Waals surface area contributed by atoms with E-state index >= 15 is 0 Å². The molecule has 1 aliphatic rings. The van der Waals surface area contributed by atoms with Crippen LogP contribution in [0.5, 0.6) is 5.75 Å². The van der Waals surface area contributed by atoms with Crippen molar-refractivity contribution >= 4 is 15.9 Å². The van der Waals surface area contributed by atoms with Crippen LogP contribution >= 0.6 is 0 Å². The summed E-state index contributed by atoms with van der Waals surface area (Å²) in [5.74, 6) is 6.29. The molecule has 1 amide bonds. The summed E-state index contributed by atoms with van der Waals surface area (Å²) in [6, 6.07) is 9.35. The number of rotatable bonds is 6. The molecular formula is C27H35N3O5S. The summed E-state index contributed by atoms with van der Waals surface area (Å²) in [4.78, 5) is 18.6. The van der Waals surface area contributed by atoms with E-state index in [1.165, 1.54) is 15.3 Å². The van der Waals surface area contributed by atoms with Gasteiger partial charge in [-0.1, -0.05) is 38.7 Å². The fraction of sp³-hybridized carbons (Fsp3) is 0.481. The summed E-state index contributed by atoms with van der Waals surface area (Å²) in [7, 11) is -2.27. The van der Waals surface area contributed by atoms with Crippen molar-refractivity contribution in [3.05, 3.63) is 53.9 Å². The van der Waals surface area contributed by atoms with Crippen LogP contribution in [-0.4, -0.2) is 72.5 Å². The molecule has 0 saturated heterocycles. The van der Waals surface area contributed by atoms with Crippen LogP contribution in [0, 0.1) is 23.7 Å². The number of hydrogen-bond donors (Lipinski definition) is 1. The molecule has 0 fully saturated rings. The third-order valence-corrected chi connectivity index (χ3v) is 8.11. The van der Waals surface area contributed by atoms with E-state index in [0.717, 1.165) is 6.42 Å². The smallest absolute Gasteiger partial charge is 0.272 e. The van der Waals surface area contributed by atoms with Gasteiger partial charge < -0.3 is 14.7 Å². The van der Waals surface area contributed by atoms with E-state index in [2.05, 4.69) is 30.7 Å². The van der Waals surface area contributed by atoms with E-state index in [1.807, 2.05) is 6.92 Å².